The Labute approximate surface area is 93.1 Å². The lowest BCUT2D eigenvalue weighted by Crippen LogP contribution is -3.00. The van der Waals surface area contributed by atoms with Gasteiger partial charge in [0.2, 0.25) is 0 Å². The number of hydrogen-bond donors (Lipinski definition) is 1. The van der Waals surface area contributed by atoms with Crippen molar-refractivity contribution in [2.24, 2.45) is 13.0 Å². The van der Waals surface area contributed by atoms with Gasteiger partial charge in [0.25, 0.3) is 5.82 Å². The molecule has 0 saturated carbocycles. The predicted molar refractivity (Wildman–Crippen MR) is 54.4 cm³/mol. The fourth-order valence-electron chi connectivity index (χ4n) is 1.53. The van der Waals surface area contributed by atoms with E-state index in [1.807, 2.05) is 6.20 Å². The molecule has 0 bridgehead atoms. The van der Waals surface area contributed by atoms with Crippen molar-refractivity contribution in [3.8, 4) is 0 Å². The van der Waals surface area contributed by atoms with Crippen LogP contribution in [-0.2, 0) is 13.5 Å². The van der Waals surface area contributed by atoms with Crippen LogP contribution in [0, 0.1) is 5.92 Å². The highest BCUT2D eigenvalue weighted by Crippen LogP contribution is 2.07. The first-order valence-corrected chi connectivity index (χ1v) is 5.22. The molecule has 82 valence electrons. The van der Waals surface area contributed by atoms with E-state index in [1.165, 1.54) is 31.5 Å². The van der Waals surface area contributed by atoms with Gasteiger partial charge in [0.15, 0.2) is 0 Å². The minimum Gasteiger partial charge on any atom is -1.00 e. The molecule has 1 rings (SSSR count). The maximum atomic E-state index is 3.26. The van der Waals surface area contributed by atoms with Crippen molar-refractivity contribution in [1.29, 1.82) is 0 Å². The van der Waals surface area contributed by atoms with Gasteiger partial charge in [0.05, 0.1) is 7.05 Å². The van der Waals surface area contributed by atoms with Crippen molar-refractivity contribution in [3.63, 3.8) is 0 Å². The fraction of sp³-hybridized carbons (Fsp3) is 0.727. The van der Waals surface area contributed by atoms with Gasteiger partial charge in [0.1, 0.15) is 12.4 Å². The van der Waals surface area contributed by atoms with Crippen molar-refractivity contribution in [1.82, 2.24) is 4.98 Å². The Hall–Kier alpha value is -0.500. The van der Waals surface area contributed by atoms with Gasteiger partial charge in [-0.25, -0.2) is 9.55 Å². The Bertz CT molecular complexity index is 243. The Morgan fingerprint density at radius 3 is 2.57 bits per heavy atom. The number of nitrogens with one attached hydrogen (secondary N) is 1. The van der Waals surface area contributed by atoms with Crippen LogP contribution in [0.4, 0.5) is 0 Å². The van der Waals surface area contributed by atoms with E-state index in [4.69, 9.17) is 0 Å². The molecule has 0 amide bonds. The number of hydrogen-bond acceptors (Lipinski definition) is 0. The third-order valence-corrected chi connectivity index (χ3v) is 2.42. The van der Waals surface area contributed by atoms with E-state index in [9.17, 15) is 0 Å². The summed E-state index contributed by atoms with van der Waals surface area (Å²) in [6.45, 7) is 4.57. The third kappa shape index (κ3) is 4.66. The van der Waals surface area contributed by atoms with E-state index in [2.05, 4.69) is 36.6 Å². The van der Waals surface area contributed by atoms with Crippen molar-refractivity contribution >= 4 is 0 Å². The summed E-state index contributed by atoms with van der Waals surface area (Å²) in [6, 6.07) is 0. The summed E-state index contributed by atoms with van der Waals surface area (Å²) in [5, 5.41) is 0. The molecule has 0 aliphatic carbocycles. The van der Waals surface area contributed by atoms with Gasteiger partial charge >= 0.3 is 0 Å². The van der Waals surface area contributed by atoms with Gasteiger partial charge in [-0.15, -0.1) is 0 Å². The van der Waals surface area contributed by atoms with Gasteiger partial charge in [-0.05, 0) is 12.3 Å². The Kier molecular flexibility index (Phi) is 6.64. The van der Waals surface area contributed by atoms with E-state index in [0.29, 0.717) is 0 Å². The molecule has 3 heteroatoms. The summed E-state index contributed by atoms with van der Waals surface area (Å²) in [7, 11) is 2.09. The van der Waals surface area contributed by atoms with Gasteiger partial charge < -0.3 is 12.4 Å². The molecular formula is C11H21ClN2. The monoisotopic (exact) mass is 216 g/mol. The lowest BCUT2D eigenvalue weighted by Gasteiger charge is -2.01. The van der Waals surface area contributed by atoms with Gasteiger partial charge in [-0.1, -0.05) is 26.7 Å². The fourth-order valence-corrected chi connectivity index (χ4v) is 1.53. The highest BCUT2D eigenvalue weighted by atomic mass is 35.5. The van der Waals surface area contributed by atoms with Crippen molar-refractivity contribution < 1.29 is 17.0 Å². The number of nitrogens with zero attached hydrogens (tertiary/aromatic N) is 1. The van der Waals surface area contributed by atoms with Gasteiger partial charge in [-0.3, -0.25) is 0 Å². The summed E-state index contributed by atoms with van der Waals surface area (Å²) in [6.07, 6.45) is 9.24. The smallest absolute Gasteiger partial charge is 0.253 e. The van der Waals surface area contributed by atoms with Crippen LogP contribution >= 0.6 is 0 Å². The second-order valence-electron chi connectivity index (χ2n) is 4.16. The third-order valence-electron chi connectivity index (χ3n) is 2.42. The Morgan fingerprint density at radius 1 is 1.36 bits per heavy atom. The second kappa shape index (κ2) is 6.88. The topological polar surface area (TPSA) is 19.7 Å². The van der Waals surface area contributed by atoms with Crippen molar-refractivity contribution in [2.45, 2.75) is 39.5 Å². The van der Waals surface area contributed by atoms with Crippen LogP contribution in [0.15, 0.2) is 12.4 Å². The van der Waals surface area contributed by atoms with Crippen molar-refractivity contribution in [2.75, 3.05) is 0 Å². The zero-order valence-electron chi connectivity index (χ0n) is 9.39. The maximum Gasteiger partial charge on any atom is 0.253 e. The van der Waals surface area contributed by atoms with Gasteiger partial charge in [0, 0.05) is 6.42 Å². The zero-order chi connectivity index (χ0) is 9.68. The standard InChI is InChI=1S/C11H20N2.ClH/c1-10(2)6-4-5-7-11-12-8-9-13(11)3;/h8-10H,4-7H2,1-3H3;1H. The SMILES string of the molecule is CC(C)CCCCc1[nH]cc[n+]1C.[Cl-]. The molecule has 2 nitrogen and oxygen atoms in total. The molecule has 14 heavy (non-hydrogen) atoms. The van der Waals surface area contributed by atoms with Crippen LogP contribution < -0.4 is 17.0 Å². The molecule has 0 aliphatic heterocycles. The van der Waals surface area contributed by atoms with Crippen LogP contribution in [0.5, 0.6) is 0 Å². The number of H-pyrrole nitrogens is 1. The number of unbranched alkanes of at least 4 members (excludes halogenated alkanes) is 1. The highest BCUT2D eigenvalue weighted by Gasteiger charge is 2.05. The summed E-state index contributed by atoms with van der Waals surface area (Å²) in [4.78, 5) is 3.26. The maximum absolute atomic E-state index is 3.26. The van der Waals surface area contributed by atoms with Crippen molar-refractivity contribution in [3.05, 3.63) is 18.2 Å². The molecule has 1 heterocycles. The number of aryl methyl sites for hydroxylation is 2. The summed E-state index contributed by atoms with van der Waals surface area (Å²) >= 11 is 0. The minimum absolute atomic E-state index is 0. The van der Waals surface area contributed by atoms with Crippen LogP contribution in [0.25, 0.3) is 0 Å². The quantitative estimate of drug-likeness (QED) is 0.492. The normalized spacial score (nSPS) is 10.3. The number of rotatable bonds is 5. The van der Waals surface area contributed by atoms with E-state index >= 15 is 0 Å². The number of aromatic nitrogens is 2. The predicted octanol–water partition coefficient (Wildman–Crippen LogP) is -0.788. The molecule has 0 fully saturated rings. The molecule has 0 spiro atoms. The molecule has 0 aromatic carbocycles. The second-order valence-corrected chi connectivity index (χ2v) is 4.16. The zero-order valence-corrected chi connectivity index (χ0v) is 10.1. The van der Waals surface area contributed by atoms with Crippen LogP contribution in [0.1, 0.15) is 38.9 Å². The average Bonchev–Trinajstić information content (AvgIpc) is 2.45. The molecular weight excluding hydrogens is 196 g/mol. The van der Waals surface area contributed by atoms with Gasteiger partial charge in [-0.2, -0.15) is 0 Å². The molecule has 0 atom stereocenters. The number of imidazole rings is 1. The molecule has 0 aliphatic rings. The minimum atomic E-state index is 0. The summed E-state index contributed by atoms with van der Waals surface area (Å²) < 4.78 is 2.16. The van der Waals surface area contributed by atoms with E-state index in [-0.39, 0.29) is 12.4 Å². The highest BCUT2D eigenvalue weighted by molar-refractivity contribution is 4.76. The lowest BCUT2D eigenvalue weighted by atomic mass is 10.1. The van der Waals surface area contributed by atoms with E-state index < -0.39 is 0 Å². The first-order valence-electron chi connectivity index (χ1n) is 5.22. The van der Waals surface area contributed by atoms with E-state index in [0.717, 1.165) is 5.92 Å². The first kappa shape index (κ1) is 13.5. The number of halogens is 1. The molecule has 0 unspecified atom stereocenters. The summed E-state index contributed by atoms with van der Waals surface area (Å²) in [5.41, 5.74) is 0. The molecule has 1 N–H and O–H groups in total. The van der Waals surface area contributed by atoms with Crippen LogP contribution in [0.2, 0.25) is 0 Å². The van der Waals surface area contributed by atoms with E-state index in [1.54, 1.807) is 0 Å². The lowest BCUT2D eigenvalue weighted by molar-refractivity contribution is -0.677. The molecule has 1 aromatic rings. The Morgan fingerprint density at radius 2 is 2.07 bits per heavy atom. The summed E-state index contributed by atoms with van der Waals surface area (Å²) in [5.74, 6) is 2.18. The molecule has 0 saturated heterocycles. The average molecular weight is 217 g/mol. The van der Waals surface area contributed by atoms with Crippen LogP contribution in [-0.4, -0.2) is 4.98 Å². The number of aromatic amines is 1. The first-order chi connectivity index (χ1) is 6.20. The largest absolute Gasteiger partial charge is 1.00 e. The van der Waals surface area contributed by atoms with Crippen LogP contribution in [0.3, 0.4) is 0 Å². The Balaban J connectivity index is 0.00000169. The molecule has 1 aromatic heterocycles. The molecule has 0 radical (unpaired) electrons.